The van der Waals surface area contributed by atoms with Gasteiger partial charge in [0.15, 0.2) is 21.5 Å². The van der Waals surface area contributed by atoms with E-state index in [-0.39, 0.29) is 34.0 Å². The molecule has 2 fully saturated rings. The standard InChI is InChI=1S/C28H27ClF2N2O5S/c1-15-8-9-32-24(10-15)26(34)28(36)17-3-4-18(28)13-20(12-17)39(37,38)25-11-16(2-6-21(25)29)27(35)33-19-5-7-22(30)23(31)14-19/h2,5-11,14,17-18,20,26,34,36H,3-4,12-13H2,1H3,(H,33,35)/t17-,18?,20-,26-,28-/m0/s1. The SMILES string of the molecule is Cc1ccnc([C@H](O)[C@@]2(O)C3CC[C@H]2C[C@H](S(=O)(=O)c2cc(C(=O)Nc4ccc(F)c(F)c4)ccc2Cl)C3)c1. The fraction of sp³-hybridized carbons (Fsp3) is 0.357. The first kappa shape index (κ1) is 27.6. The van der Waals surface area contributed by atoms with Gasteiger partial charge in [0.2, 0.25) is 0 Å². The van der Waals surface area contributed by atoms with Crippen molar-refractivity contribution in [1.82, 2.24) is 4.98 Å². The van der Waals surface area contributed by atoms with Gasteiger partial charge in [-0.3, -0.25) is 9.78 Å². The van der Waals surface area contributed by atoms with Crippen LogP contribution >= 0.6 is 11.6 Å². The van der Waals surface area contributed by atoms with Gasteiger partial charge in [-0.25, -0.2) is 17.2 Å². The van der Waals surface area contributed by atoms with E-state index in [2.05, 4.69) is 10.3 Å². The van der Waals surface area contributed by atoms with Crippen LogP contribution < -0.4 is 5.32 Å². The molecule has 7 nitrogen and oxygen atoms in total. The molecule has 3 N–H and O–H groups in total. The minimum Gasteiger partial charge on any atom is -0.386 e. The first-order valence-corrected chi connectivity index (χ1v) is 14.5. The van der Waals surface area contributed by atoms with E-state index in [0.29, 0.717) is 18.5 Å². The Bertz CT molecular complexity index is 1540. The quantitative estimate of drug-likeness (QED) is 0.380. The van der Waals surface area contributed by atoms with Crippen LogP contribution in [0.5, 0.6) is 0 Å². The Hall–Kier alpha value is -2.92. The van der Waals surface area contributed by atoms with Gasteiger partial charge in [-0.2, -0.15) is 0 Å². The van der Waals surface area contributed by atoms with Gasteiger partial charge in [-0.05, 0) is 92.5 Å². The summed E-state index contributed by atoms with van der Waals surface area (Å²) in [5.41, 5.74) is -0.308. The number of aliphatic hydroxyl groups excluding tert-OH is 1. The molecule has 1 heterocycles. The van der Waals surface area contributed by atoms with Crippen LogP contribution in [-0.2, 0) is 9.84 Å². The molecule has 2 bridgehead atoms. The highest BCUT2D eigenvalue weighted by Gasteiger charge is 2.59. The highest BCUT2D eigenvalue weighted by atomic mass is 35.5. The van der Waals surface area contributed by atoms with Crippen molar-refractivity contribution in [3.05, 3.63) is 88.2 Å². The summed E-state index contributed by atoms with van der Waals surface area (Å²) in [6.45, 7) is 1.86. The number of hydrogen-bond acceptors (Lipinski definition) is 6. The van der Waals surface area contributed by atoms with Gasteiger partial charge in [0, 0.05) is 23.5 Å². The van der Waals surface area contributed by atoms with Crippen LogP contribution in [0.2, 0.25) is 5.02 Å². The van der Waals surface area contributed by atoms with Gasteiger partial charge in [0.05, 0.1) is 20.9 Å². The van der Waals surface area contributed by atoms with Gasteiger partial charge in [-0.1, -0.05) is 11.6 Å². The highest BCUT2D eigenvalue weighted by molar-refractivity contribution is 7.92. The molecule has 0 saturated heterocycles. The minimum absolute atomic E-state index is 0.00283. The van der Waals surface area contributed by atoms with Crippen molar-refractivity contribution in [2.45, 2.75) is 54.5 Å². The van der Waals surface area contributed by atoms with Crippen LogP contribution in [0.25, 0.3) is 0 Å². The number of nitrogens with one attached hydrogen (secondary N) is 1. The summed E-state index contributed by atoms with van der Waals surface area (Å²) in [5.74, 6) is -3.88. The Balaban J connectivity index is 1.39. The van der Waals surface area contributed by atoms with Gasteiger partial charge in [0.25, 0.3) is 5.91 Å². The van der Waals surface area contributed by atoms with Crippen molar-refractivity contribution in [2.24, 2.45) is 11.8 Å². The molecule has 1 aromatic heterocycles. The molecule has 2 aliphatic carbocycles. The molecule has 2 aromatic carbocycles. The first-order chi connectivity index (χ1) is 18.4. The van der Waals surface area contributed by atoms with Crippen LogP contribution in [0, 0.1) is 30.4 Å². The summed E-state index contributed by atoms with van der Waals surface area (Å²) in [5, 5.41) is 24.3. The molecule has 1 amide bonds. The number of nitrogens with zero attached hydrogens (tertiary/aromatic N) is 1. The maximum Gasteiger partial charge on any atom is 0.255 e. The average Bonchev–Trinajstić information content (AvgIpc) is 3.05. The van der Waals surface area contributed by atoms with Crippen LogP contribution in [-0.4, -0.2) is 40.4 Å². The lowest BCUT2D eigenvalue weighted by molar-refractivity contribution is -0.145. The Kier molecular flexibility index (Phi) is 7.26. The van der Waals surface area contributed by atoms with Crippen molar-refractivity contribution in [2.75, 3.05) is 5.32 Å². The molecular weight excluding hydrogens is 550 g/mol. The number of pyridine rings is 1. The average molecular weight is 577 g/mol. The molecule has 206 valence electrons. The number of halogens is 3. The normalized spacial score (nSPS) is 25.3. The number of amides is 1. The van der Waals surface area contributed by atoms with E-state index in [1.807, 2.05) is 6.92 Å². The van der Waals surface area contributed by atoms with Crippen molar-refractivity contribution in [3.8, 4) is 0 Å². The molecule has 2 aliphatic rings. The van der Waals surface area contributed by atoms with Gasteiger partial charge < -0.3 is 15.5 Å². The van der Waals surface area contributed by atoms with Gasteiger partial charge in [-0.15, -0.1) is 0 Å². The molecule has 1 unspecified atom stereocenters. The molecule has 0 radical (unpaired) electrons. The fourth-order valence-corrected chi connectivity index (χ4v) is 8.41. The highest BCUT2D eigenvalue weighted by Crippen LogP contribution is 2.56. The van der Waals surface area contributed by atoms with E-state index in [1.165, 1.54) is 24.3 Å². The summed E-state index contributed by atoms with van der Waals surface area (Å²) in [6, 6.07) is 10.2. The zero-order valence-corrected chi connectivity index (χ0v) is 22.5. The van der Waals surface area contributed by atoms with E-state index in [4.69, 9.17) is 11.6 Å². The van der Waals surface area contributed by atoms with E-state index >= 15 is 0 Å². The van der Waals surface area contributed by atoms with Crippen LogP contribution in [0.4, 0.5) is 14.5 Å². The predicted molar refractivity (Wildman–Crippen MR) is 141 cm³/mol. The molecule has 39 heavy (non-hydrogen) atoms. The van der Waals surface area contributed by atoms with Crippen LogP contribution in [0.1, 0.15) is 53.4 Å². The van der Waals surface area contributed by atoms with E-state index in [1.54, 1.807) is 18.3 Å². The number of hydrogen-bond donors (Lipinski definition) is 3. The molecular formula is C28H27ClF2N2O5S. The molecule has 0 aliphatic heterocycles. The van der Waals surface area contributed by atoms with Crippen LogP contribution in [0.3, 0.4) is 0 Å². The number of fused-ring (bicyclic) bond motifs is 2. The summed E-state index contributed by atoms with van der Waals surface area (Å²) < 4.78 is 54.3. The topological polar surface area (TPSA) is 117 Å². The third kappa shape index (κ3) is 4.95. The lowest BCUT2D eigenvalue weighted by Crippen LogP contribution is -2.52. The number of benzene rings is 2. The number of rotatable bonds is 6. The molecule has 3 aromatic rings. The third-order valence-electron chi connectivity index (χ3n) is 8.04. The number of carbonyl (C=O) groups is 1. The Morgan fingerprint density at radius 3 is 2.41 bits per heavy atom. The maximum absolute atomic E-state index is 13.8. The Labute approximate surface area is 229 Å². The summed E-state index contributed by atoms with van der Waals surface area (Å²) in [7, 11) is -4.04. The molecule has 0 spiro atoms. The summed E-state index contributed by atoms with van der Waals surface area (Å²) in [6.07, 6.45) is 1.64. The van der Waals surface area contributed by atoms with Crippen molar-refractivity contribution in [3.63, 3.8) is 0 Å². The van der Waals surface area contributed by atoms with Crippen molar-refractivity contribution >= 4 is 33.0 Å². The second-order valence-corrected chi connectivity index (χ2v) is 13.0. The summed E-state index contributed by atoms with van der Waals surface area (Å²) in [4.78, 5) is 16.8. The number of carbonyl (C=O) groups excluding carboxylic acids is 1. The molecule has 11 heteroatoms. The monoisotopic (exact) mass is 576 g/mol. The van der Waals surface area contributed by atoms with Crippen molar-refractivity contribution < 1.29 is 32.2 Å². The largest absolute Gasteiger partial charge is 0.386 e. The van der Waals surface area contributed by atoms with E-state index in [9.17, 15) is 32.2 Å². The van der Waals surface area contributed by atoms with Gasteiger partial charge >= 0.3 is 0 Å². The zero-order chi connectivity index (χ0) is 28.1. The number of aliphatic hydroxyl groups is 2. The summed E-state index contributed by atoms with van der Waals surface area (Å²) >= 11 is 6.29. The molecule has 5 rings (SSSR count). The van der Waals surface area contributed by atoms with Gasteiger partial charge in [0.1, 0.15) is 11.7 Å². The van der Waals surface area contributed by atoms with E-state index < -0.39 is 56.2 Å². The lowest BCUT2D eigenvalue weighted by Gasteiger charge is -2.45. The van der Waals surface area contributed by atoms with Crippen molar-refractivity contribution in [1.29, 1.82) is 0 Å². The second kappa shape index (κ2) is 10.2. The zero-order valence-electron chi connectivity index (χ0n) is 20.9. The smallest absolute Gasteiger partial charge is 0.255 e. The first-order valence-electron chi connectivity index (χ1n) is 12.5. The Morgan fingerprint density at radius 2 is 1.77 bits per heavy atom. The number of anilines is 1. The molecule has 5 atom stereocenters. The number of aromatic nitrogens is 1. The number of aryl methyl sites for hydroxylation is 1. The minimum atomic E-state index is -4.04. The van der Waals surface area contributed by atoms with E-state index in [0.717, 1.165) is 17.7 Å². The Morgan fingerprint density at radius 1 is 1.08 bits per heavy atom. The maximum atomic E-state index is 13.8. The predicted octanol–water partition coefficient (Wildman–Crippen LogP) is 5.00. The van der Waals surface area contributed by atoms with Crippen LogP contribution in [0.15, 0.2) is 59.6 Å². The second-order valence-electron chi connectivity index (χ2n) is 10.4. The fourth-order valence-electron chi connectivity index (χ4n) is 6.01. The lowest BCUT2D eigenvalue weighted by atomic mass is 9.70. The third-order valence-corrected chi connectivity index (χ3v) is 10.7. The number of sulfone groups is 1. The molecule has 2 saturated carbocycles.